The van der Waals surface area contributed by atoms with Crippen molar-refractivity contribution in [3.05, 3.63) is 0 Å². The van der Waals surface area contributed by atoms with Crippen molar-refractivity contribution in [2.75, 3.05) is 0 Å². The zero-order valence-electron chi connectivity index (χ0n) is 6.22. The van der Waals surface area contributed by atoms with Gasteiger partial charge in [-0.15, -0.1) is 6.10 Å². The fourth-order valence-electron chi connectivity index (χ4n) is 0.0913. The Morgan fingerprint density at radius 2 is 2.00 bits per heavy atom. The van der Waals surface area contributed by atoms with Crippen molar-refractivity contribution in [3.8, 4) is 4.93 Å². The number of nitrogens with zero attached hydrogens (tertiary/aromatic N) is 1. The number of hydrogen-bond acceptors (Lipinski definition) is 2. The maximum atomic E-state index is 9.53. The zero-order valence-corrected chi connectivity index (χ0v) is 7.37. The summed E-state index contributed by atoms with van der Waals surface area (Å²) in [6, 6.07) is 0. The molecule has 9 heavy (non-hydrogen) atoms. The van der Waals surface area contributed by atoms with Crippen LogP contribution in [0.25, 0.3) is 0 Å². The van der Waals surface area contributed by atoms with E-state index in [1.54, 1.807) is 13.8 Å². The first-order chi connectivity index (χ1) is 4.15. The van der Waals surface area contributed by atoms with Crippen molar-refractivity contribution in [3.63, 3.8) is 0 Å². The van der Waals surface area contributed by atoms with Gasteiger partial charge in [0.05, 0.1) is 0 Å². The first-order valence-electron chi connectivity index (χ1n) is 3.02. The monoisotopic (exact) mass is 141 g/mol. The van der Waals surface area contributed by atoms with Crippen molar-refractivity contribution >= 4 is 15.2 Å². The van der Waals surface area contributed by atoms with Crippen molar-refractivity contribution in [2.24, 2.45) is 0 Å². The molecule has 0 aliphatic rings. The first-order valence-corrected chi connectivity index (χ1v) is 4.41. The third-order valence-corrected chi connectivity index (χ3v) is 0.886. The molecule has 0 heterocycles. The van der Waals surface area contributed by atoms with Gasteiger partial charge in [-0.05, 0) is 0 Å². The van der Waals surface area contributed by atoms with Gasteiger partial charge in [0, 0.05) is 0 Å². The molecule has 0 aromatic rings. The molecule has 0 amide bonds. The van der Waals surface area contributed by atoms with Gasteiger partial charge in [0.25, 0.3) is 0 Å². The molecule has 0 saturated carbocycles. The third kappa shape index (κ3) is 72.7. The van der Waals surface area contributed by atoms with E-state index >= 15 is 0 Å². The second kappa shape index (κ2) is 10.9. The van der Waals surface area contributed by atoms with Crippen LogP contribution in [0.4, 0.5) is 0 Å². The Kier molecular flexibility index (Phi) is 14.2. The SMILES string of the molecule is CC(C)[O-].C[CH2][Al+][C]#N. The van der Waals surface area contributed by atoms with E-state index < -0.39 is 6.10 Å². The van der Waals surface area contributed by atoms with Crippen LogP contribution in [-0.2, 0) is 0 Å². The first kappa shape index (κ1) is 11.7. The minimum atomic E-state index is -0.417. The molecule has 0 unspecified atom stereocenters. The number of hydrogen-bond donors (Lipinski definition) is 0. The Morgan fingerprint density at radius 3 is 2.00 bits per heavy atom. The van der Waals surface area contributed by atoms with E-state index in [1.807, 2.05) is 6.92 Å². The van der Waals surface area contributed by atoms with Crippen molar-refractivity contribution in [1.82, 2.24) is 0 Å². The summed E-state index contributed by atoms with van der Waals surface area (Å²) in [5.74, 6) is 0. The predicted molar refractivity (Wildman–Crippen MR) is 37.0 cm³/mol. The Balaban J connectivity index is 0. The van der Waals surface area contributed by atoms with Gasteiger partial charge in [-0.1, -0.05) is 13.8 Å². The quantitative estimate of drug-likeness (QED) is 0.495. The topological polar surface area (TPSA) is 46.8 Å². The normalized spacial score (nSPS) is 6.67. The zero-order chi connectivity index (χ0) is 7.70. The second-order valence-electron chi connectivity index (χ2n) is 1.79. The van der Waals surface area contributed by atoms with E-state index in [1.165, 1.54) is 0 Å². The van der Waals surface area contributed by atoms with Gasteiger partial charge in [-0.3, -0.25) is 0 Å². The summed E-state index contributed by atoms with van der Waals surface area (Å²) in [4.78, 5) is 2.10. The summed E-state index contributed by atoms with van der Waals surface area (Å²) in [5.41, 5.74) is 0. The van der Waals surface area contributed by atoms with Gasteiger partial charge in [-0.2, -0.15) is 0 Å². The minimum absolute atomic E-state index is 0.120. The summed E-state index contributed by atoms with van der Waals surface area (Å²) in [5, 5.41) is 18.4. The van der Waals surface area contributed by atoms with Gasteiger partial charge < -0.3 is 5.11 Å². The molecule has 0 radical (unpaired) electrons. The van der Waals surface area contributed by atoms with Crippen LogP contribution in [0, 0.1) is 10.2 Å². The van der Waals surface area contributed by atoms with Crippen LogP contribution in [0.2, 0.25) is 5.28 Å². The summed E-state index contributed by atoms with van der Waals surface area (Å²) < 4.78 is 0. The van der Waals surface area contributed by atoms with Gasteiger partial charge in [0.15, 0.2) is 0 Å². The van der Waals surface area contributed by atoms with E-state index in [0.717, 1.165) is 5.28 Å². The maximum absolute atomic E-state index is 9.53. The van der Waals surface area contributed by atoms with E-state index in [-0.39, 0.29) is 15.2 Å². The standard InChI is InChI=1S/C3H7O.C2H5.CN.Al/c1-3(2)4;2*1-2;/h3H,1-2H3;1H2,2H3;;/q-1;;;+1. The average Bonchev–Trinajstić information content (AvgIpc) is 1.66. The number of nitriles is 1. The van der Waals surface area contributed by atoms with E-state index in [2.05, 4.69) is 4.93 Å². The van der Waals surface area contributed by atoms with Crippen molar-refractivity contribution in [1.29, 1.82) is 5.26 Å². The predicted octanol–water partition coefficient (Wildman–Crippen LogP) is 0.365. The molecule has 0 aromatic carbocycles. The van der Waals surface area contributed by atoms with Crippen LogP contribution in [-0.4, -0.2) is 21.3 Å². The van der Waals surface area contributed by atoms with E-state index in [0.29, 0.717) is 0 Å². The molecular formula is C6H12AlNO. The van der Waals surface area contributed by atoms with Crippen LogP contribution in [0.5, 0.6) is 0 Å². The van der Waals surface area contributed by atoms with Gasteiger partial charge in [0.1, 0.15) is 0 Å². The van der Waals surface area contributed by atoms with Crippen molar-refractivity contribution < 1.29 is 5.11 Å². The summed E-state index contributed by atoms with van der Waals surface area (Å²) in [6.45, 7) is 5.25. The van der Waals surface area contributed by atoms with Gasteiger partial charge >= 0.3 is 37.6 Å². The molecule has 3 heteroatoms. The van der Waals surface area contributed by atoms with E-state index in [4.69, 9.17) is 5.26 Å². The van der Waals surface area contributed by atoms with Gasteiger partial charge in [0.2, 0.25) is 0 Å². The fraction of sp³-hybridized carbons (Fsp3) is 0.833. The molecular weight excluding hydrogens is 129 g/mol. The molecule has 0 spiro atoms. The summed E-state index contributed by atoms with van der Waals surface area (Å²) >= 11 is 0.120. The molecule has 0 bridgehead atoms. The molecule has 0 atom stereocenters. The molecule has 0 saturated heterocycles. The fourth-order valence-corrected chi connectivity index (χ4v) is 0.274. The second-order valence-corrected chi connectivity index (χ2v) is 3.27. The Morgan fingerprint density at radius 1 is 1.67 bits per heavy atom. The Bertz CT molecular complexity index is 74.9. The molecule has 0 aliphatic heterocycles. The summed E-state index contributed by atoms with van der Waals surface area (Å²) in [6.07, 6.45) is -0.417. The Hall–Kier alpha value is -0.0175. The Labute approximate surface area is 63.2 Å². The van der Waals surface area contributed by atoms with Crippen LogP contribution in [0.15, 0.2) is 0 Å². The molecule has 0 aliphatic carbocycles. The van der Waals surface area contributed by atoms with Crippen molar-refractivity contribution in [2.45, 2.75) is 32.2 Å². The molecule has 0 N–H and O–H groups in total. The van der Waals surface area contributed by atoms with Gasteiger partial charge in [-0.25, -0.2) is 0 Å². The van der Waals surface area contributed by atoms with E-state index in [9.17, 15) is 5.11 Å². The molecule has 50 valence electrons. The number of rotatable bonds is 1. The van der Waals surface area contributed by atoms with Crippen LogP contribution < -0.4 is 5.11 Å². The van der Waals surface area contributed by atoms with Crippen LogP contribution in [0.3, 0.4) is 0 Å². The van der Waals surface area contributed by atoms with Crippen LogP contribution in [0.1, 0.15) is 20.8 Å². The van der Waals surface area contributed by atoms with Crippen LogP contribution >= 0.6 is 0 Å². The molecule has 0 aromatic heterocycles. The molecule has 0 fully saturated rings. The summed E-state index contributed by atoms with van der Waals surface area (Å²) in [7, 11) is 0. The third-order valence-electron chi connectivity index (χ3n) is 0.295. The average molecular weight is 141 g/mol. The molecule has 2 nitrogen and oxygen atoms in total. The molecule has 0 rings (SSSR count).